The third kappa shape index (κ3) is 5.50. The molecule has 0 heterocycles. The Morgan fingerprint density at radius 2 is 2.00 bits per heavy atom. The molecule has 0 aliphatic heterocycles. The summed E-state index contributed by atoms with van der Waals surface area (Å²) >= 11 is 0. The molecule has 0 aliphatic rings. The molecule has 0 unspecified atom stereocenters. The maximum absolute atomic E-state index is 10.7. The third-order valence-electron chi connectivity index (χ3n) is 1.03. The Morgan fingerprint density at radius 1 is 1.56 bits per heavy atom. The molecule has 9 heavy (non-hydrogen) atoms. The zero-order valence-corrected chi connectivity index (χ0v) is 5.48. The van der Waals surface area contributed by atoms with E-state index in [0.29, 0.717) is 13.0 Å². The maximum atomic E-state index is 10.7. The number of hydrogen-bond donors (Lipinski definition) is 1. The maximum Gasteiger partial charge on any atom is 0.136 e. The summed E-state index contributed by atoms with van der Waals surface area (Å²) < 4.78 is 0. The first-order valence-corrected chi connectivity index (χ1v) is 2.91. The van der Waals surface area contributed by atoms with Gasteiger partial charge in [0.05, 0.1) is 0 Å². The number of carbonyl (C=O) groups excluding carboxylic acids is 1. The lowest BCUT2D eigenvalue weighted by Gasteiger charge is -1.98. The lowest BCUT2D eigenvalue weighted by molar-refractivity contribution is -0.121. The predicted molar refractivity (Wildman–Crippen MR) is 40.2 cm³/mol. The standard InChI is InChI=1S/C6H13NO.CH4/c1-5(2)6(8)3-4-7;/h5H,3-4,7H2,1-2H3;1H4. The van der Waals surface area contributed by atoms with E-state index in [2.05, 4.69) is 0 Å². The molecule has 2 heteroatoms. The summed E-state index contributed by atoms with van der Waals surface area (Å²) in [4.78, 5) is 10.7. The predicted octanol–water partition coefficient (Wildman–Crippen LogP) is 1.20. The van der Waals surface area contributed by atoms with Crippen molar-refractivity contribution in [3.8, 4) is 0 Å². The molecule has 0 saturated carbocycles. The van der Waals surface area contributed by atoms with E-state index in [0.717, 1.165) is 0 Å². The molecule has 0 bridgehead atoms. The summed E-state index contributed by atoms with van der Waals surface area (Å²) in [6, 6.07) is 0. The second-order valence-electron chi connectivity index (χ2n) is 2.16. The van der Waals surface area contributed by atoms with Gasteiger partial charge in [0.25, 0.3) is 0 Å². The van der Waals surface area contributed by atoms with Crippen LogP contribution in [-0.2, 0) is 4.79 Å². The van der Waals surface area contributed by atoms with E-state index in [-0.39, 0.29) is 19.1 Å². The van der Waals surface area contributed by atoms with Crippen LogP contribution in [0.25, 0.3) is 0 Å². The highest BCUT2D eigenvalue weighted by Gasteiger charge is 2.03. The molecule has 0 amide bonds. The number of hydrogen-bond acceptors (Lipinski definition) is 2. The molecule has 0 aromatic carbocycles. The Labute approximate surface area is 57.4 Å². The minimum Gasteiger partial charge on any atom is -0.330 e. The van der Waals surface area contributed by atoms with E-state index in [1.54, 1.807) is 0 Å². The van der Waals surface area contributed by atoms with E-state index < -0.39 is 0 Å². The molecule has 0 spiro atoms. The highest BCUT2D eigenvalue weighted by atomic mass is 16.1. The summed E-state index contributed by atoms with van der Waals surface area (Å²) in [5.41, 5.74) is 5.15. The Kier molecular flexibility index (Phi) is 7.32. The summed E-state index contributed by atoms with van der Waals surface area (Å²) in [6.07, 6.45) is 0.525. The van der Waals surface area contributed by atoms with Crippen molar-refractivity contribution in [3.05, 3.63) is 0 Å². The summed E-state index contributed by atoms with van der Waals surface area (Å²) in [7, 11) is 0. The molecular formula is C7H17NO. The van der Waals surface area contributed by atoms with Crippen LogP contribution in [0.4, 0.5) is 0 Å². The van der Waals surface area contributed by atoms with Gasteiger partial charge in [-0.3, -0.25) is 4.79 Å². The van der Waals surface area contributed by atoms with Crippen molar-refractivity contribution in [1.82, 2.24) is 0 Å². The number of ketones is 1. The van der Waals surface area contributed by atoms with Crippen LogP contribution in [0.15, 0.2) is 0 Å². The van der Waals surface area contributed by atoms with Gasteiger partial charge in [-0.25, -0.2) is 0 Å². The van der Waals surface area contributed by atoms with Crippen LogP contribution in [0, 0.1) is 5.92 Å². The molecule has 0 rings (SSSR count). The molecule has 0 atom stereocenters. The molecule has 0 radical (unpaired) electrons. The Hall–Kier alpha value is -0.370. The smallest absolute Gasteiger partial charge is 0.136 e. The van der Waals surface area contributed by atoms with Crippen LogP contribution in [-0.4, -0.2) is 12.3 Å². The van der Waals surface area contributed by atoms with Gasteiger partial charge in [0.15, 0.2) is 0 Å². The third-order valence-corrected chi connectivity index (χ3v) is 1.03. The van der Waals surface area contributed by atoms with Gasteiger partial charge in [-0.2, -0.15) is 0 Å². The molecule has 0 fully saturated rings. The average molecular weight is 131 g/mol. The molecule has 0 aromatic heterocycles. The fourth-order valence-corrected chi connectivity index (χ4v) is 0.431. The molecule has 2 nitrogen and oxygen atoms in total. The van der Waals surface area contributed by atoms with Gasteiger partial charge in [0.2, 0.25) is 0 Å². The van der Waals surface area contributed by atoms with Crippen molar-refractivity contribution in [2.24, 2.45) is 11.7 Å². The van der Waals surface area contributed by atoms with Crippen molar-refractivity contribution >= 4 is 5.78 Å². The number of Topliss-reactive ketones (excluding diaryl/α,β-unsaturated/α-hetero) is 1. The lowest BCUT2D eigenvalue weighted by Crippen LogP contribution is -2.12. The summed E-state index contributed by atoms with van der Waals surface area (Å²) in [5.74, 6) is 0.408. The summed E-state index contributed by atoms with van der Waals surface area (Å²) in [5, 5.41) is 0. The van der Waals surface area contributed by atoms with Crippen molar-refractivity contribution in [2.75, 3.05) is 6.54 Å². The SMILES string of the molecule is C.CC(C)C(=O)CCN. The fourth-order valence-electron chi connectivity index (χ4n) is 0.431. The number of carbonyl (C=O) groups is 1. The van der Waals surface area contributed by atoms with Gasteiger partial charge in [-0.15, -0.1) is 0 Å². The first kappa shape index (κ1) is 11.4. The number of rotatable bonds is 3. The van der Waals surface area contributed by atoms with Gasteiger partial charge in [0.1, 0.15) is 5.78 Å². The Balaban J connectivity index is 0. The van der Waals surface area contributed by atoms with Gasteiger partial charge in [0, 0.05) is 12.3 Å². The zero-order valence-electron chi connectivity index (χ0n) is 5.48. The van der Waals surface area contributed by atoms with Gasteiger partial charge >= 0.3 is 0 Å². The van der Waals surface area contributed by atoms with Crippen LogP contribution < -0.4 is 5.73 Å². The van der Waals surface area contributed by atoms with Crippen molar-refractivity contribution in [2.45, 2.75) is 27.7 Å². The molecule has 0 aliphatic carbocycles. The molecule has 2 N–H and O–H groups in total. The zero-order chi connectivity index (χ0) is 6.57. The molecule has 0 aromatic rings. The van der Waals surface area contributed by atoms with E-state index in [9.17, 15) is 4.79 Å². The number of nitrogens with two attached hydrogens (primary N) is 1. The van der Waals surface area contributed by atoms with Gasteiger partial charge < -0.3 is 5.73 Å². The summed E-state index contributed by atoms with van der Waals surface area (Å²) in [6.45, 7) is 4.26. The van der Waals surface area contributed by atoms with Crippen molar-refractivity contribution in [1.29, 1.82) is 0 Å². The van der Waals surface area contributed by atoms with Gasteiger partial charge in [-0.05, 0) is 6.54 Å². The Morgan fingerprint density at radius 3 is 2.11 bits per heavy atom. The quantitative estimate of drug-likeness (QED) is 0.625. The minimum absolute atomic E-state index is 0. The normalized spacial score (nSPS) is 8.89. The van der Waals surface area contributed by atoms with Crippen molar-refractivity contribution < 1.29 is 4.79 Å². The molecule has 56 valence electrons. The van der Waals surface area contributed by atoms with E-state index >= 15 is 0 Å². The van der Waals surface area contributed by atoms with Crippen LogP contribution in [0.3, 0.4) is 0 Å². The van der Waals surface area contributed by atoms with E-state index in [4.69, 9.17) is 5.73 Å². The largest absolute Gasteiger partial charge is 0.330 e. The van der Waals surface area contributed by atoms with Crippen molar-refractivity contribution in [3.63, 3.8) is 0 Å². The topological polar surface area (TPSA) is 43.1 Å². The first-order chi connectivity index (χ1) is 3.68. The second kappa shape index (κ2) is 5.76. The van der Waals surface area contributed by atoms with Gasteiger partial charge in [-0.1, -0.05) is 21.3 Å². The average Bonchev–Trinajstić information content (AvgIpc) is 1.67. The first-order valence-electron chi connectivity index (χ1n) is 2.91. The van der Waals surface area contributed by atoms with Crippen LogP contribution in [0.5, 0.6) is 0 Å². The monoisotopic (exact) mass is 131 g/mol. The van der Waals surface area contributed by atoms with Crippen LogP contribution in [0.1, 0.15) is 27.7 Å². The van der Waals surface area contributed by atoms with Crippen LogP contribution in [0.2, 0.25) is 0 Å². The molecular weight excluding hydrogens is 114 g/mol. The Bertz CT molecular complexity index is 79.0. The second-order valence-corrected chi connectivity index (χ2v) is 2.16. The lowest BCUT2D eigenvalue weighted by atomic mass is 10.1. The molecule has 0 saturated heterocycles. The van der Waals surface area contributed by atoms with E-state index in [1.165, 1.54) is 0 Å². The highest BCUT2D eigenvalue weighted by Crippen LogP contribution is 1.95. The fraction of sp³-hybridized carbons (Fsp3) is 0.857. The van der Waals surface area contributed by atoms with E-state index in [1.807, 2.05) is 13.8 Å². The highest BCUT2D eigenvalue weighted by molar-refractivity contribution is 5.80. The van der Waals surface area contributed by atoms with Crippen LogP contribution >= 0.6 is 0 Å². The minimum atomic E-state index is 0.